The Balaban J connectivity index is 3.20. The van der Waals surface area contributed by atoms with Crippen molar-refractivity contribution in [1.82, 2.24) is 9.13 Å². The highest BCUT2D eigenvalue weighted by Gasteiger charge is 1.93. The second kappa shape index (κ2) is 2.09. The van der Waals surface area contributed by atoms with E-state index in [1.165, 1.54) is 4.57 Å². The van der Waals surface area contributed by atoms with Crippen LogP contribution in [-0.4, -0.2) is 9.13 Å². The molecule has 0 atom stereocenters. The van der Waals surface area contributed by atoms with Gasteiger partial charge in [-0.15, -0.1) is 0 Å². The van der Waals surface area contributed by atoms with Crippen LogP contribution in [0.1, 0.15) is 0 Å². The second-order valence-corrected chi connectivity index (χ2v) is 1.89. The third-order valence-corrected chi connectivity index (χ3v) is 1.26. The summed E-state index contributed by atoms with van der Waals surface area (Å²) in [6.45, 7) is 4.08. The van der Waals surface area contributed by atoms with Gasteiger partial charge in [-0.05, 0) is 6.92 Å². The summed E-state index contributed by atoms with van der Waals surface area (Å²) in [4.78, 5) is 10.9. The van der Waals surface area contributed by atoms with Crippen molar-refractivity contribution in [3.63, 3.8) is 0 Å². The molecular weight excluding hydrogens is 116 g/mol. The maximum absolute atomic E-state index is 10.9. The lowest BCUT2D eigenvalue weighted by molar-refractivity contribution is 0.728. The first kappa shape index (κ1) is 6.13. The van der Waals surface area contributed by atoms with E-state index in [0.29, 0.717) is 6.54 Å². The van der Waals surface area contributed by atoms with Crippen LogP contribution in [0.3, 0.4) is 0 Å². The van der Waals surface area contributed by atoms with Gasteiger partial charge in [-0.3, -0.25) is 4.57 Å². The minimum atomic E-state index is -0.00926. The number of aromatic nitrogens is 2. The molecule has 0 fully saturated rings. The van der Waals surface area contributed by atoms with Crippen molar-refractivity contribution in [2.75, 3.05) is 0 Å². The molecular formula is C6H9N2O. The normalized spacial score (nSPS) is 10.0. The number of hydrogen-bond acceptors (Lipinski definition) is 1. The smallest absolute Gasteiger partial charge is 0.302 e. The van der Waals surface area contributed by atoms with Crippen LogP contribution in [0, 0.1) is 6.92 Å². The first-order valence-corrected chi connectivity index (χ1v) is 2.76. The monoisotopic (exact) mass is 125 g/mol. The van der Waals surface area contributed by atoms with Crippen LogP contribution in [0.15, 0.2) is 17.2 Å². The highest BCUT2D eigenvalue weighted by Crippen LogP contribution is 1.78. The van der Waals surface area contributed by atoms with Crippen LogP contribution in [0.5, 0.6) is 0 Å². The van der Waals surface area contributed by atoms with E-state index >= 15 is 0 Å². The molecule has 1 aromatic heterocycles. The first-order valence-electron chi connectivity index (χ1n) is 2.76. The van der Waals surface area contributed by atoms with Crippen molar-refractivity contribution >= 4 is 0 Å². The Kier molecular flexibility index (Phi) is 1.42. The topological polar surface area (TPSA) is 26.9 Å². The first-order chi connectivity index (χ1) is 4.25. The number of aryl methyl sites for hydroxylation is 1. The van der Waals surface area contributed by atoms with Gasteiger partial charge in [-0.25, -0.2) is 4.79 Å². The Morgan fingerprint density at radius 1 is 1.67 bits per heavy atom. The highest BCUT2D eigenvalue weighted by molar-refractivity contribution is 4.79. The molecule has 0 spiro atoms. The number of imidazole rings is 1. The molecule has 9 heavy (non-hydrogen) atoms. The predicted molar refractivity (Wildman–Crippen MR) is 35.0 cm³/mol. The van der Waals surface area contributed by atoms with Gasteiger partial charge < -0.3 is 4.57 Å². The van der Waals surface area contributed by atoms with Gasteiger partial charge in [0.2, 0.25) is 0 Å². The molecule has 0 N–H and O–H groups in total. The van der Waals surface area contributed by atoms with Gasteiger partial charge in [-0.1, -0.05) is 0 Å². The Morgan fingerprint density at radius 3 is 2.56 bits per heavy atom. The molecule has 0 amide bonds. The van der Waals surface area contributed by atoms with E-state index in [4.69, 9.17) is 0 Å². The van der Waals surface area contributed by atoms with Crippen LogP contribution < -0.4 is 5.69 Å². The second-order valence-electron chi connectivity index (χ2n) is 1.89. The van der Waals surface area contributed by atoms with Crippen molar-refractivity contribution in [3.05, 3.63) is 29.8 Å². The van der Waals surface area contributed by atoms with Crippen LogP contribution in [0.2, 0.25) is 0 Å². The van der Waals surface area contributed by atoms with E-state index in [0.717, 1.165) is 0 Å². The summed E-state index contributed by atoms with van der Waals surface area (Å²) in [6, 6.07) is 0. The quantitative estimate of drug-likeness (QED) is 0.520. The lowest BCUT2D eigenvalue weighted by atomic mass is 10.7. The lowest BCUT2D eigenvalue weighted by Gasteiger charge is -1.89. The minimum absolute atomic E-state index is 0.00926. The van der Waals surface area contributed by atoms with Gasteiger partial charge in [-0.2, -0.15) is 0 Å². The summed E-state index contributed by atoms with van der Waals surface area (Å²) in [7, 11) is 1.72. The average Bonchev–Trinajstić information content (AvgIpc) is 2.15. The maximum Gasteiger partial charge on any atom is 0.327 e. The number of hydrogen-bond donors (Lipinski definition) is 0. The summed E-state index contributed by atoms with van der Waals surface area (Å²) in [5.41, 5.74) is -0.00926. The molecule has 3 heteroatoms. The summed E-state index contributed by atoms with van der Waals surface area (Å²) < 4.78 is 3.06. The molecule has 0 aliphatic heterocycles. The van der Waals surface area contributed by atoms with Gasteiger partial charge in [0.15, 0.2) is 0 Å². The predicted octanol–water partition coefficient (Wildman–Crippen LogP) is 0.0209. The van der Waals surface area contributed by atoms with Crippen molar-refractivity contribution in [3.8, 4) is 0 Å². The highest BCUT2D eigenvalue weighted by atomic mass is 16.1. The Bertz CT molecular complexity index is 246. The molecule has 49 valence electrons. The van der Waals surface area contributed by atoms with E-state index in [-0.39, 0.29) is 5.69 Å². The molecule has 0 aliphatic carbocycles. The van der Waals surface area contributed by atoms with Gasteiger partial charge in [0.1, 0.15) is 0 Å². The van der Waals surface area contributed by atoms with E-state index in [2.05, 4.69) is 6.92 Å². The van der Waals surface area contributed by atoms with Crippen LogP contribution in [0.4, 0.5) is 0 Å². The van der Waals surface area contributed by atoms with Crippen molar-refractivity contribution in [2.45, 2.75) is 6.54 Å². The third kappa shape index (κ3) is 0.896. The maximum atomic E-state index is 10.9. The van der Waals surface area contributed by atoms with E-state index in [9.17, 15) is 4.79 Å². The van der Waals surface area contributed by atoms with Gasteiger partial charge in [0.05, 0.1) is 0 Å². The molecule has 0 aliphatic rings. The molecule has 0 unspecified atom stereocenters. The number of nitrogens with zero attached hydrogens (tertiary/aromatic N) is 2. The van der Waals surface area contributed by atoms with E-state index in [1.54, 1.807) is 24.0 Å². The molecule has 0 bridgehead atoms. The van der Waals surface area contributed by atoms with Crippen molar-refractivity contribution in [2.24, 2.45) is 7.05 Å². The SMILES string of the molecule is [CH2]Cn1ccn(C)c1=O. The lowest BCUT2D eigenvalue weighted by Crippen LogP contribution is -2.20. The Morgan fingerprint density at radius 2 is 2.33 bits per heavy atom. The summed E-state index contributed by atoms with van der Waals surface area (Å²) >= 11 is 0. The van der Waals surface area contributed by atoms with Gasteiger partial charge >= 0.3 is 5.69 Å². The fourth-order valence-corrected chi connectivity index (χ4v) is 0.681. The fourth-order valence-electron chi connectivity index (χ4n) is 0.681. The van der Waals surface area contributed by atoms with Crippen LogP contribution in [-0.2, 0) is 13.6 Å². The Labute approximate surface area is 53.5 Å². The zero-order valence-corrected chi connectivity index (χ0v) is 5.37. The molecule has 3 nitrogen and oxygen atoms in total. The molecule has 1 rings (SSSR count). The standard InChI is InChI=1S/C6H9N2O/c1-3-8-5-4-7(2)6(8)9/h4-5H,1,3H2,2H3. The minimum Gasteiger partial charge on any atom is -0.302 e. The molecule has 1 heterocycles. The van der Waals surface area contributed by atoms with E-state index in [1.807, 2.05) is 0 Å². The largest absolute Gasteiger partial charge is 0.327 e. The molecule has 1 radical (unpaired) electrons. The van der Waals surface area contributed by atoms with Gasteiger partial charge in [0.25, 0.3) is 0 Å². The molecule has 1 aromatic rings. The van der Waals surface area contributed by atoms with Crippen LogP contribution in [0.25, 0.3) is 0 Å². The van der Waals surface area contributed by atoms with Crippen molar-refractivity contribution in [1.29, 1.82) is 0 Å². The third-order valence-electron chi connectivity index (χ3n) is 1.26. The van der Waals surface area contributed by atoms with Gasteiger partial charge in [0, 0.05) is 26.0 Å². The summed E-state index contributed by atoms with van der Waals surface area (Å²) in [5, 5.41) is 0. The zero-order chi connectivity index (χ0) is 6.85. The van der Waals surface area contributed by atoms with Crippen LogP contribution >= 0.6 is 0 Å². The Hall–Kier alpha value is -0.990. The average molecular weight is 125 g/mol. The molecule has 0 aromatic carbocycles. The number of rotatable bonds is 1. The summed E-state index contributed by atoms with van der Waals surface area (Å²) in [6.07, 6.45) is 3.43. The fraction of sp³-hybridized carbons (Fsp3) is 0.333. The summed E-state index contributed by atoms with van der Waals surface area (Å²) in [5.74, 6) is 0. The van der Waals surface area contributed by atoms with Crippen molar-refractivity contribution < 1.29 is 0 Å². The molecule has 0 saturated heterocycles. The molecule has 0 saturated carbocycles. The zero-order valence-electron chi connectivity index (χ0n) is 5.37. The van der Waals surface area contributed by atoms with E-state index < -0.39 is 0 Å².